The second-order valence-electron chi connectivity index (χ2n) is 5.88. The minimum absolute atomic E-state index is 0.690. The smallest absolute Gasteiger partial charge is 0.0407 e. The van der Waals surface area contributed by atoms with Gasteiger partial charge in [0.2, 0.25) is 0 Å². The molecule has 2 aliphatic heterocycles. The van der Waals surface area contributed by atoms with Crippen LogP contribution < -0.4 is 10.2 Å². The number of benzene rings is 1. The highest BCUT2D eigenvalue weighted by molar-refractivity contribution is 5.59. The normalized spacial score (nSPS) is 28.0. The lowest BCUT2D eigenvalue weighted by Crippen LogP contribution is -2.44. The van der Waals surface area contributed by atoms with Crippen molar-refractivity contribution in [3.05, 3.63) is 29.3 Å². The maximum atomic E-state index is 3.47. The van der Waals surface area contributed by atoms with Gasteiger partial charge in [0.15, 0.2) is 0 Å². The van der Waals surface area contributed by atoms with E-state index in [1.807, 2.05) is 0 Å². The first-order chi connectivity index (χ1) is 8.77. The van der Waals surface area contributed by atoms with Crippen molar-refractivity contribution < 1.29 is 0 Å². The Bertz CT molecular complexity index is 417. The summed E-state index contributed by atoms with van der Waals surface area (Å²) >= 11 is 0. The average molecular weight is 244 g/mol. The van der Waals surface area contributed by atoms with Gasteiger partial charge in [0.05, 0.1) is 0 Å². The number of piperidine rings is 1. The van der Waals surface area contributed by atoms with Gasteiger partial charge in [0.1, 0.15) is 0 Å². The molecular weight excluding hydrogens is 220 g/mol. The Balaban J connectivity index is 2.00. The van der Waals surface area contributed by atoms with E-state index in [0.29, 0.717) is 12.1 Å². The van der Waals surface area contributed by atoms with E-state index in [1.54, 1.807) is 5.56 Å². The maximum absolute atomic E-state index is 3.47. The van der Waals surface area contributed by atoms with Gasteiger partial charge in [-0.2, -0.15) is 0 Å². The summed E-state index contributed by atoms with van der Waals surface area (Å²) in [5.74, 6) is 0. The van der Waals surface area contributed by atoms with Crippen LogP contribution in [0.3, 0.4) is 0 Å². The molecule has 0 aliphatic carbocycles. The molecule has 1 N–H and O–H groups in total. The Morgan fingerprint density at radius 3 is 2.72 bits per heavy atom. The van der Waals surface area contributed by atoms with Gasteiger partial charge in [0, 0.05) is 24.3 Å². The molecule has 2 atom stereocenters. The van der Waals surface area contributed by atoms with Gasteiger partial charge >= 0.3 is 0 Å². The molecule has 0 bridgehead atoms. The van der Waals surface area contributed by atoms with Gasteiger partial charge in [-0.25, -0.2) is 0 Å². The predicted molar refractivity (Wildman–Crippen MR) is 77.1 cm³/mol. The lowest BCUT2D eigenvalue weighted by molar-refractivity contribution is 0.412. The molecule has 1 aromatic rings. The van der Waals surface area contributed by atoms with E-state index >= 15 is 0 Å². The highest BCUT2D eigenvalue weighted by Crippen LogP contribution is 2.34. The van der Waals surface area contributed by atoms with Crippen molar-refractivity contribution in [2.75, 3.05) is 11.4 Å². The lowest BCUT2D eigenvalue weighted by Gasteiger charge is -2.42. The van der Waals surface area contributed by atoms with Crippen molar-refractivity contribution in [1.29, 1.82) is 0 Å². The van der Waals surface area contributed by atoms with Gasteiger partial charge in [-0.1, -0.05) is 12.1 Å². The third kappa shape index (κ3) is 2.03. The average Bonchev–Trinajstić information content (AvgIpc) is 2.39. The summed E-state index contributed by atoms with van der Waals surface area (Å²) in [6.45, 7) is 6.94. The SMILES string of the molecule is C[C@@H]1CCC[C@H](C)N1c1cccc2c1CCNC2. The number of hydrogen-bond acceptors (Lipinski definition) is 2. The summed E-state index contributed by atoms with van der Waals surface area (Å²) in [6.07, 6.45) is 5.25. The molecule has 0 spiro atoms. The fraction of sp³-hybridized carbons (Fsp3) is 0.625. The first-order valence-electron chi connectivity index (χ1n) is 7.37. The molecule has 2 heterocycles. The van der Waals surface area contributed by atoms with E-state index < -0.39 is 0 Å². The summed E-state index contributed by atoms with van der Waals surface area (Å²) in [5.41, 5.74) is 4.61. The van der Waals surface area contributed by atoms with E-state index in [4.69, 9.17) is 0 Å². The number of hydrogen-bond donors (Lipinski definition) is 1. The van der Waals surface area contributed by atoms with E-state index in [9.17, 15) is 0 Å². The maximum Gasteiger partial charge on any atom is 0.0407 e. The molecule has 2 heteroatoms. The zero-order valence-corrected chi connectivity index (χ0v) is 11.6. The molecular formula is C16H24N2. The largest absolute Gasteiger partial charge is 0.366 e. The second kappa shape index (κ2) is 4.93. The van der Waals surface area contributed by atoms with E-state index in [0.717, 1.165) is 13.1 Å². The van der Waals surface area contributed by atoms with Crippen LogP contribution in [0.1, 0.15) is 44.2 Å². The van der Waals surface area contributed by atoms with Crippen molar-refractivity contribution in [2.45, 2.75) is 58.2 Å². The van der Waals surface area contributed by atoms with Gasteiger partial charge < -0.3 is 10.2 Å². The van der Waals surface area contributed by atoms with Crippen LogP contribution in [0.4, 0.5) is 5.69 Å². The number of anilines is 1. The molecule has 0 unspecified atom stereocenters. The third-order valence-corrected chi connectivity index (χ3v) is 4.59. The van der Waals surface area contributed by atoms with Crippen LogP contribution in [0.2, 0.25) is 0 Å². The van der Waals surface area contributed by atoms with Gasteiger partial charge in [-0.3, -0.25) is 0 Å². The van der Waals surface area contributed by atoms with Gasteiger partial charge in [0.25, 0.3) is 0 Å². The van der Waals surface area contributed by atoms with E-state index in [-0.39, 0.29) is 0 Å². The summed E-state index contributed by atoms with van der Waals surface area (Å²) in [5, 5.41) is 3.47. The second-order valence-corrected chi connectivity index (χ2v) is 5.88. The molecule has 0 aromatic heterocycles. The van der Waals surface area contributed by atoms with Crippen molar-refractivity contribution in [1.82, 2.24) is 5.32 Å². The third-order valence-electron chi connectivity index (χ3n) is 4.59. The van der Waals surface area contributed by atoms with Crippen LogP contribution in [-0.2, 0) is 13.0 Å². The van der Waals surface area contributed by atoms with Crippen LogP contribution in [0.5, 0.6) is 0 Å². The highest BCUT2D eigenvalue weighted by atomic mass is 15.2. The van der Waals surface area contributed by atoms with Crippen LogP contribution in [-0.4, -0.2) is 18.6 Å². The zero-order valence-electron chi connectivity index (χ0n) is 11.6. The molecule has 3 rings (SSSR count). The van der Waals surface area contributed by atoms with Gasteiger partial charge in [-0.05, 0) is 63.3 Å². The number of nitrogens with zero attached hydrogens (tertiary/aromatic N) is 1. The van der Waals surface area contributed by atoms with Crippen LogP contribution in [0.15, 0.2) is 18.2 Å². The minimum atomic E-state index is 0.690. The molecule has 1 aromatic carbocycles. The monoisotopic (exact) mass is 244 g/mol. The number of nitrogens with one attached hydrogen (secondary N) is 1. The van der Waals surface area contributed by atoms with Crippen molar-refractivity contribution in [3.8, 4) is 0 Å². The van der Waals surface area contributed by atoms with E-state index in [1.165, 1.54) is 36.9 Å². The fourth-order valence-corrected chi connectivity index (χ4v) is 3.65. The summed E-state index contributed by atoms with van der Waals surface area (Å²) in [6, 6.07) is 8.23. The molecule has 0 amide bonds. The Morgan fingerprint density at radius 1 is 1.17 bits per heavy atom. The molecule has 1 fully saturated rings. The predicted octanol–water partition coefficient (Wildman–Crippen LogP) is 3.10. The summed E-state index contributed by atoms with van der Waals surface area (Å²) < 4.78 is 0. The van der Waals surface area contributed by atoms with Crippen molar-refractivity contribution in [2.24, 2.45) is 0 Å². The molecule has 0 saturated carbocycles. The molecule has 1 saturated heterocycles. The van der Waals surface area contributed by atoms with Crippen molar-refractivity contribution >= 4 is 5.69 Å². The molecule has 98 valence electrons. The number of fused-ring (bicyclic) bond motifs is 1. The topological polar surface area (TPSA) is 15.3 Å². The Labute approximate surface area is 110 Å². The molecule has 18 heavy (non-hydrogen) atoms. The van der Waals surface area contributed by atoms with Crippen LogP contribution in [0, 0.1) is 0 Å². The number of rotatable bonds is 1. The lowest BCUT2D eigenvalue weighted by atomic mass is 9.92. The first-order valence-corrected chi connectivity index (χ1v) is 7.37. The molecule has 0 radical (unpaired) electrons. The Hall–Kier alpha value is -1.02. The quantitative estimate of drug-likeness (QED) is 0.816. The molecule has 2 aliphatic rings. The van der Waals surface area contributed by atoms with Gasteiger partial charge in [-0.15, -0.1) is 0 Å². The van der Waals surface area contributed by atoms with Crippen LogP contribution >= 0.6 is 0 Å². The minimum Gasteiger partial charge on any atom is -0.366 e. The highest BCUT2D eigenvalue weighted by Gasteiger charge is 2.27. The summed E-state index contributed by atoms with van der Waals surface area (Å²) in [7, 11) is 0. The zero-order chi connectivity index (χ0) is 12.5. The fourth-order valence-electron chi connectivity index (χ4n) is 3.65. The van der Waals surface area contributed by atoms with Crippen LogP contribution in [0.25, 0.3) is 0 Å². The first kappa shape index (κ1) is 12.0. The Morgan fingerprint density at radius 2 is 1.94 bits per heavy atom. The standard InChI is InChI=1S/C16H24N2/c1-12-5-3-6-13(2)18(12)16-8-4-7-14-11-17-10-9-15(14)16/h4,7-8,12-13,17H,3,5-6,9-11H2,1-2H3/t12-,13+. The molecule has 2 nitrogen and oxygen atoms in total. The van der Waals surface area contributed by atoms with Crippen molar-refractivity contribution in [3.63, 3.8) is 0 Å². The Kier molecular flexibility index (Phi) is 3.29. The van der Waals surface area contributed by atoms with E-state index in [2.05, 4.69) is 42.3 Å². The summed E-state index contributed by atoms with van der Waals surface area (Å²) in [4.78, 5) is 2.67.